The molecule has 31 heavy (non-hydrogen) atoms. The molecule has 0 saturated carbocycles. The van der Waals surface area contributed by atoms with E-state index in [1.807, 2.05) is 23.1 Å². The first-order chi connectivity index (χ1) is 14.8. The maximum Gasteiger partial charge on any atom is 0.197 e. The first kappa shape index (κ1) is 25.1. The minimum Gasteiger partial charge on any atom is -0.370 e. The van der Waals surface area contributed by atoms with Crippen LogP contribution in [0.2, 0.25) is 0 Å². The van der Waals surface area contributed by atoms with Crippen molar-refractivity contribution in [3.63, 3.8) is 0 Å². The Kier molecular flexibility index (Phi) is 10.3. The normalized spacial score (nSPS) is 17.5. The maximum atomic E-state index is 8.39. The average molecular weight is 431 g/mol. The lowest BCUT2D eigenvalue weighted by atomic mass is 9.94. The Morgan fingerprint density at radius 1 is 1.10 bits per heavy atom. The molecule has 7 heteroatoms. The van der Waals surface area contributed by atoms with Gasteiger partial charge in [0.2, 0.25) is 0 Å². The molecule has 0 spiro atoms. The number of guanidine groups is 2. The largest absolute Gasteiger partial charge is 0.370 e. The molecule has 2 atom stereocenters. The van der Waals surface area contributed by atoms with Gasteiger partial charge in [-0.15, -0.1) is 0 Å². The molecule has 2 rings (SSSR count). The number of nitrogens with two attached hydrogens (primary N) is 2. The molecule has 0 amide bonds. The zero-order valence-electron chi connectivity index (χ0n) is 19.6. The van der Waals surface area contributed by atoms with Gasteiger partial charge in [0.15, 0.2) is 11.9 Å². The van der Waals surface area contributed by atoms with E-state index in [1.165, 1.54) is 48.9 Å². The molecule has 7 nitrogen and oxygen atoms in total. The van der Waals surface area contributed by atoms with Crippen LogP contribution in [-0.4, -0.2) is 67.1 Å². The smallest absolute Gasteiger partial charge is 0.197 e. The highest BCUT2D eigenvalue weighted by Gasteiger charge is 2.31. The molecule has 1 aromatic rings. The summed E-state index contributed by atoms with van der Waals surface area (Å²) in [4.78, 5) is 2.02. The van der Waals surface area contributed by atoms with Crippen LogP contribution in [0.1, 0.15) is 45.1 Å². The van der Waals surface area contributed by atoms with E-state index >= 15 is 0 Å². The number of nitrogens with zero attached hydrogens (tertiary/aromatic N) is 2. The van der Waals surface area contributed by atoms with Gasteiger partial charge in [-0.05, 0) is 43.6 Å². The van der Waals surface area contributed by atoms with Gasteiger partial charge in [-0.25, -0.2) is 0 Å². The Labute approximate surface area is 188 Å². The molecule has 0 radical (unpaired) electrons. The number of hydrogen-bond donors (Lipinski definition) is 5. The average Bonchev–Trinajstić information content (AvgIpc) is 2.71. The fraction of sp³-hybridized carbons (Fsp3) is 0.667. The van der Waals surface area contributed by atoms with Crippen LogP contribution in [0.3, 0.4) is 0 Å². The summed E-state index contributed by atoms with van der Waals surface area (Å²) < 4.78 is 1.18. The van der Waals surface area contributed by atoms with Crippen LogP contribution < -0.4 is 16.8 Å². The fourth-order valence-electron chi connectivity index (χ4n) is 5.24. The molecule has 1 aromatic carbocycles. The van der Waals surface area contributed by atoms with Crippen molar-refractivity contribution in [3.8, 4) is 0 Å². The third-order valence-corrected chi connectivity index (χ3v) is 6.49. The molecule has 2 unspecified atom stereocenters. The first-order valence-corrected chi connectivity index (χ1v) is 11.9. The molecule has 174 valence electrons. The standard InChI is InChI=1S/C24H44N7/c1-20(17-21(2)19-31(16-12-25)14-7-4-8-15-31)18-30(24(28)29-23(26)27)13-11-22-9-5-3-6-10-22/h3,5-6,9-10,20-21H,4,7-8,11-19,25H2,1-2H3,(H5,26,27,28,29)/q+1. The number of likely N-dealkylation sites (tertiary alicyclic amines) is 1. The summed E-state index contributed by atoms with van der Waals surface area (Å²) in [5.74, 6) is 1.09. The van der Waals surface area contributed by atoms with Crippen molar-refractivity contribution >= 4 is 11.9 Å². The minimum atomic E-state index is -0.186. The molecule has 7 N–H and O–H groups in total. The van der Waals surface area contributed by atoms with Crippen molar-refractivity contribution in [1.29, 1.82) is 10.8 Å². The summed E-state index contributed by atoms with van der Waals surface area (Å²) in [5, 5.41) is 18.6. The van der Waals surface area contributed by atoms with Gasteiger partial charge in [0.25, 0.3) is 0 Å². The fourth-order valence-corrected chi connectivity index (χ4v) is 5.24. The van der Waals surface area contributed by atoms with Gasteiger partial charge in [0.1, 0.15) is 0 Å². The van der Waals surface area contributed by atoms with Crippen LogP contribution in [0.25, 0.3) is 0 Å². The Balaban J connectivity index is 1.93. The van der Waals surface area contributed by atoms with Crippen LogP contribution in [-0.2, 0) is 6.42 Å². The van der Waals surface area contributed by atoms with Crippen LogP contribution >= 0.6 is 0 Å². The third-order valence-electron chi connectivity index (χ3n) is 6.49. The Hall–Kier alpha value is -2.12. The molecule has 0 bridgehead atoms. The first-order valence-electron chi connectivity index (χ1n) is 11.9. The van der Waals surface area contributed by atoms with Crippen LogP contribution in [0, 0.1) is 22.7 Å². The lowest BCUT2D eigenvalue weighted by Gasteiger charge is -2.43. The zero-order chi connectivity index (χ0) is 22.7. The van der Waals surface area contributed by atoms with Crippen molar-refractivity contribution in [3.05, 3.63) is 35.9 Å². The number of benzene rings is 1. The second-order valence-corrected chi connectivity index (χ2v) is 9.56. The molecule has 1 fully saturated rings. The summed E-state index contributed by atoms with van der Waals surface area (Å²) in [6.07, 6.45) is 5.99. The second-order valence-electron chi connectivity index (χ2n) is 9.56. The molecule has 0 aliphatic carbocycles. The molecule has 1 saturated heterocycles. The molecule has 1 aliphatic rings. The van der Waals surface area contributed by atoms with Gasteiger partial charge in [-0.3, -0.25) is 16.1 Å². The second kappa shape index (κ2) is 12.7. The van der Waals surface area contributed by atoms with Crippen LogP contribution in [0.15, 0.2) is 30.3 Å². The number of quaternary nitrogens is 1. The van der Waals surface area contributed by atoms with E-state index < -0.39 is 0 Å². The zero-order valence-corrected chi connectivity index (χ0v) is 19.6. The van der Waals surface area contributed by atoms with Gasteiger partial charge in [-0.2, -0.15) is 0 Å². The highest BCUT2D eigenvalue weighted by molar-refractivity contribution is 5.94. The van der Waals surface area contributed by atoms with E-state index in [2.05, 4.69) is 31.3 Å². The number of rotatable bonds is 11. The summed E-state index contributed by atoms with van der Waals surface area (Å²) >= 11 is 0. The van der Waals surface area contributed by atoms with E-state index in [4.69, 9.17) is 22.3 Å². The summed E-state index contributed by atoms with van der Waals surface area (Å²) in [7, 11) is 0. The van der Waals surface area contributed by atoms with Gasteiger partial charge in [0.05, 0.1) is 26.2 Å². The highest BCUT2D eigenvalue weighted by Crippen LogP contribution is 2.24. The van der Waals surface area contributed by atoms with Crippen LogP contribution in [0.5, 0.6) is 0 Å². The van der Waals surface area contributed by atoms with Crippen molar-refractivity contribution in [2.75, 3.05) is 45.8 Å². The van der Waals surface area contributed by atoms with Crippen molar-refractivity contribution in [2.45, 2.75) is 46.0 Å². The number of piperidine rings is 1. The van der Waals surface area contributed by atoms with E-state index in [9.17, 15) is 0 Å². The molecule has 1 aliphatic heterocycles. The van der Waals surface area contributed by atoms with E-state index in [0.29, 0.717) is 11.8 Å². The third kappa shape index (κ3) is 8.87. The number of nitrogens with one attached hydrogen (secondary N) is 3. The van der Waals surface area contributed by atoms with Gasteiger partial charge in [0, 0.05) is 25.6 Å². The summed E-state index contributed by atoms with van der Waals surface area (Å²) in [6.45, 7) is 11.8. The predicted molar refractivity (Wildman–Crippen MR) is 130 cm³/mol. The monoisotopic (exact) mass is 430 g/mol. The quantitative estimate of drug-likeness (QED) is 0.211. The van der Waals surface area contributed by atoms with Gasteiger partial charge in [-0.1, -0.05) is 44.2 Å². The Morgan fingerprint density at radius 2 is 1.77 bits per heavy atom. The van der Waals surface area contributed by atoms with Crippen molar-refractivity contribution < 1.29 is 4.48 Å². The Bertz CT molecular complexity index is 664. The van der Waals surface area contributed by atoms with E-state index in [-0.39, 0.29) is 11.9 Å². The minimum absolute atomic E-state index is 0.186. The van der Waals surface area contributed by atoms with E-state index in [1.54, 1.807) is 0 Å². The molecular formula is C24H44N7+. The highest BCUT2D eigenvalue weighted by atomic mass is 15.4. The summed E-state index contributed by atoms with van der Waals surface area (Å²) in [5.41, 5.74) is 12.7. The molecule has 0 aromatic heterocycles. The maximum absolute atomic E-state index is 8.39. The topological polar surface area (TPSA) is 115 Å². The number of hydrogen-bond acceptors (Lipinski definition) is 3. The van der Waals surface area contributed by atoms with Crippen LogP contribution in [0.4, 0.5) is 0 Å². The summed E-state index contributed by atoms with van der Waals surface area (Å²) in [6, 6.07) is 10.3. The predicted octanol–water partition coefficient (Wildman–Crippen LogP) is 2.57. The lowest BCUT2D eigenvalue weighted by molar-refractivity contribution is -0.934. The SMILES string of the molecule is CC(CC(C)C[N+]1(CCN)CCCCC1)CN(CCc1ccccc1)C(=N)NC(=N)N. The lowest BCUT2D eigenvalue weighted by Crippen LogP contribution is -2.56. The van der Waals surface area contributed by atoms with Gasteiger partial charge < -0.3 is 20.9 Å². The Morgan fingerprint density at radius 3 is 2.39 bits per heavy atom. The van der Waals surface area contributed by atoms with Crippen molar-refractivity contribution in [2.24, 2.45) is 23.3 Å². The van der Waals surface area contributed by atoms with Crippen molar-refractivity contribution in [1.82, 2.24) is 10.2 Å². The van der Waals surface area contributed by atoms with E-state index in [0.717, 1.165) is 39.0 Å². The van der Waals surface area contributed by atoms with Gasteiger partial charge >= 0.3 is 0 Å². The molecular weight excluding hydrogens is 386 g/mol. The molecule has 1 heterocycles.